The topological polar surface area (TPSA) is 57.5 Å². The third kappa shape index (κ3) is 5.13. The van der Waals surface area contributed by atoms with E-state index in [-0.39, 0.29) is 0 Å². The van der Waals surface area contributed by atoms with Gasteiger partial charge < -0.3 is 9.29 Å². The van der Waals surface area contributed by atoms with Crippen LogP contribution in [0.5, 0.6) is 5.75 Å². The summed E-state index contributed by atoms with van der Waals surface area (Å²) in [6, 6.07) is 3.71. The van der Waals surface area contributed by atoms with E-state index < -0.39 is 11.4 Å². The van der Waals surface area contributed by atoms with E-state index in [0.29, 0.717) is 22.8 Å². The number of hydrogen-bond acceptors (Lipinski definition) is 4. The van der Waals surface area contributed by atoms with Crippen LogP contribution in [-0.4, -0.2) is 28.1 Å². The van der Waals surface area contributed by atoms with Gasteiger partial charge in [0, 0.05) is 11.3 Å². The second-order valence-electron chi connectivity index (χ2n) is 6.13. The van der Waals surface area contributed by atoms with E-state index in [1.54, 1.807) is 12.4 Å². The van der Waals surface area contributed by atoms with Crippen molar-refractivity contribution in [3.63, 3.8) is 0 Å². The first kappa shape index (κ1) is 15.3. The Morgan fingerprint density at radius 1 is 1.50 bits per heavy atom. The van der Waals surface area contributed by atoms with Gasteiger partial charge in [-0.15, -0.1) is 0 Å². The highest BCUT2D eigenvalue weighted by molar-refractivity contribution is 7.90. The summed E-state index contributed by atoms with van der Waals surface area (Å²) in [7, 11) is 0. The number of nitrogens with zero attached hydrogens (tertiary/aromatic N) is 2. The second-order valence-corrected chi connectivity index (χ2v) is 7.32. The molecule has 110 valence electrons. The van der Waals surface area contributed by atoms with Crippen molar-refractivity contribution in [2.45, 2.75) is 33.6 Å². The van der Waals surface area contributed by atoms with Crippen molar-refractivity contribution in [1.29, 1.82) is 0 Å². The Hall–Kier alpha value is -1.07. The molecule has 0 N–H and O–H groups in total. The minimum Gasteiger partial charge on any atom is -0.591 e. The minimum atomic E-state index is -1.16. The average Bonchev–Trinajstić information content (AvgIpc) is 3.13. The van der Waals surface area contributed by atoms with Gasteiger partial charge in [-0.1, -0.05) is 25.2 Å². The molecule has 0 radical (unpaired) electrons. The fourth-order valence-corrected chi connectivity index (χ4v) is 2.49. The van der Waals surface area contributed by atoms with Gasteiger partial charge in [0.05, 0.1) is 29.9 Å². The molecule has 0 spiro atoms. The van der Waals surface area contributed by atoms with Crippen LogP contribution in [-0.2, 0) is 11.4 Å². The Balaban J connectivity index is 1.82. The summed E-state index contributed by atoms with van der Waals surface area (Å²) in [6.45, 7) is 7.03. The standard InChI is InChI=1S/C15H22N2O2S/c1-12(2)10-20(18)17-8-13-4-5-14(9-16-13)19-11-15(3)6-7-15/h4-5,8-9,12H,6-7,10-11H2,1-3H3/b17-8+. The molecule has 1 heterocycles. The highest BCUT2D eigenvalue weighted by atomic mass is 32.2. The molecular weight excluding hydrogens is 272 g/mol. The number of rotatable bonds is 7. The van der Waals surface area contributed by atoms with Gasteiger partial charge >= 0.3 is 0 Å². The van der Waals surface area contributed by atoms with Crippen LogP contribution in [0.4, 0.5) is 0 Å². The van der Waals surface area contributed by atoms with Gasteiger partial charge in [0.1, 0.15) is 17.7 Å². The number of ether oxygens (including phenoxy) is 1. The summed E-state index contributed by atoms with van der Waals surface area (Å²) in [6.07, 6.45) is 5.74. The highest BCUT2D eigenvalue weighted by Crippen LogP contribution is 2.44. The van der Waals surface area contributed by atoms with Crippen molar-refractivity contribution in [2.75, 3.05) is 12.4 Å². The molecule has 0 aromatic carbocycles. The van der Waals surface area contributed by atoms with Crippen LogP contribution in [0.25, 0.3) is 0 Å². The molecule has 0 amide bonds. The predicted octanol–water partition coefficient (Wildman–Crippen LogP) is 3.00. The van der Waals surface area contributed by atoms with Gasteiger partial charge in [-0.05, 0) is 25.0 Å². The van der Waals surface area contributed by atoms with Crippen LogP contribution in [0.1, 0.15) is 39.3 Å². The Morgan fingerprint density at radius 2 is 2.25 bits per heavy atom. The zero-order chi connectivity index (χ0) is 14.6. The van der Waals surface area contributed by atoms with E-state index in [1.807, 2.05) is 26.0 Å². The van der Waals surface area contributed by atoms with Crippen LogP contribution in [0.15, 0.2) is 22.7 Å². The van der Waals surface area contributed by atoms with E-state index in [9.17, 15) is 4.55 Å². The summed E-state index contributed by atoms with van der Waals surface area (Å²) >= 11 is -1.16. The van der Waals surface area contributed by atoms with Gasteiger partial charge in [0.25, 0.3) is 0 Å². The van der Waals surface area contributed by atoms with E-state index in [2.05, 4.69) is 16.3 Å². The van der Waals surface area contributed by atoms with Gasteiger partial charge in [0.15, 0.2) is 0 Å². The maximum absolute atomic E-state index is 11.6. The highest BCUT2D eigenvalue weighted by Gasteiger charge is 2.38. The van der Waals surface area contributed by atoms with Gasteiger partial charge in [0.2, 0.25) is 0 Å². The van der Waals surface area contributed by atoms with E-state index in [0.717, 1.165) is 12.4 Å². The Bertz CT molecular complexity index is 455. The lowest BCUT2D eigenvalue weighted by molar-refractivity contribution is 0.246. The lowest BCUT2D eigenvalue weighted by Crippen LogP contribution is -2.09. The quantitative estimate of drug-likeness (QED) is 0.574. The number of aromatic nitrogens is 1. The summed E-state index contributed by atoms with van der Waals surface area (Å²) in [5.74, 6) is 1.73. The van der Waals surface area contributed by atoms with Crippen molar-refractivity contribution >= 4 is 17.6 Å². The number of hydrogen-bond donors (Lipinski definition) is 0. The van der Waals surface area contributed by atoms with E-state index >= 15 is 0 Å². The smallest absolute Gasteiger partial charge is 0.137 e. The molecule has 1 fully saturated rings. The molecule has 20 heavy (non-hydrogen) atoms. The largest absolute Gasteiger partial charge is 0.591 e. The molecule has 0 saturated heterocycles. The summed E-state index contributed by atoms with van der Waals surface area (Å²) in [5.41, 5.74) is 1.07. The molecule has 1 atom stereocenters. The van der Waals surface area contributed by atoms with Gasteiger partial charge in [-0.2, -0.15) is 0 Å². The SMILES string of the molecule is CC(C)C[S+]([O-])/N=C/c1ccc(OCC2(C)CC2)cn1. The molecule has 5 heteroatoms. The zero-order valence-electron chi connectivity index (χ0n) is 12.3. The molecule has 2 rings (SSSR count). The molecule has 4 nitrogen and oxygen atoms in total. The lowest BCUT2D eigenvalue weighted by Gasteiger charge is -2.10. The molecule has 1 saturated carbocycles. The first-order valence-electron chi connectivity index (χ1n) is 6.98. The van der Waals surface area contributed by atoms with Crippen LogP contribution >= 0.6 is 0 Å². The summed E-state index contributed by atoms with van der Waals surface area (Å²) in [4.78, 5) is 4.24. The first-order valence-corrected chi connectivity index (χ1v) is 8.26. The summed E-state index contributed by atoms with van der Waals surface area (Å²) in [5, 5.41) is 0. The fourth-order valence-electron chi connectivity index (χ4n) is 1.61. The molecule has 0 aliphatic heterocycles. The molecule has 1 unspecified atom stereocenters. The predicted molar refractivity (Wildman–Crippen MR) is 82.5 cm³/mol. The third-order valence-electron chi connectivity index (χ3n) is 3.23. The van der Waals surface area contributed by atoms with Gasteiger partial charge in [-0.25, -0.2) is 0 Å². The monoisotopic (exact) mass is 294 g/mol. The zero-order valence-corrected chi connectivity index (χ0v) is 13.2. The van der Waals surface area contributed by atoms with Gasteiger partial charge in [-0.3, -0.25) is 4.98 Å². The van der Waals surface area contributed by atoms with Crippen LogP contribution in [0, 0.1) is 11.3 Å². The van der Waals surface area contributed by atoms with Crippen molar-refractivity contribution in [2.24, 2.45) is 15.7 Å². The molecule has 1 aliphatic rings. The molecular formula is C15H22N2O2S. The van der Waals surface area contributed by atoms with Crippen molar-refractivity contribution in [3.05, 3.63) is 24.0 Å². The maximum atomic E-state index is 11.6. The first-order chi connectivity index (χ1) is 9.47. The molecule has 1 aromatic heterocycles. The van der Waals surface area contributed by atoms with Crippen molar-refractivity contribution < 1.29 is 9.29 Å². The molecule has 1 aromatic rings. The minimum absolute atomic E-state index is 0.369. The Labute approximate surface area is 124 Å². The number of pyridine rings is 1. The maximum Gasteiger partial charge on any atom is 0.137 e. The summed E-state index contributed by atoms with van der Waals surface area (Å²) < 4.78 is 21.3. The van der Waals surface area contributed by atoms with Crippen LogP contribution in [0.3, 0.4) is 0 Å². The third-order valence-corrected chi connectivity index (χ3v) is 4.52. The Kier molecular flexibility index (Phi) is 5.05. The average molecular weight is 294 g/mol. The molecule has 1 aliphatic carbocycles. The normalized spacial score (nSPS) is 18.4. The Morgan fingerprint density at radius 3 is 2.80 bits per heavy atom. The van der Waals surface area contributed by atoms with Crippen molar-refractivity contribution in [1.82, 2.24) is 4.98 Å². The second kappa shape index (κ2) is 6.59. The van der Waals surface area contributed by atoms with E-state index in [1.165, 1.54) is 12.8 Å². The van der Waals surface area contributed by atoms with Crippen molar-refractivity contribution in [3.8, 4) is 5.75 Å². The van der Waals surface area contributed by atoms with Crippen LogP contribution < -0.4 is 4.74 Å². The van der Waals surface area contributed by atoms with E-state index in [4.69, 9.17) is 4.74 Å². The van der Waals surface area contributed by atoms with Crippen LogP contribution in [0.2, 0.25) is 0 Å². The fraction of sp³-hybridized carbons (Fsp3) is 0.600. The lowest BCUT2D eigenvalue weighted by atomic mass is 10.2. The molecule has 0 bridgehead atoms.